The number of carbonyl (C=O) groups is 1. The molecule has 4 bridgehead atoms. The van der Waals surface area contributed by atoms with E-state index in [1.807, 2.05) is 12.1 Å². The third-order valence-corrected chi connectivity index (χ3v) is 5.73. The fourth-order valence-corrected chi connectivity index (χ4v) is 4.83. The summed E-state index contributed by atoms with van der Waals surface area (Å²) in [4.78, 5) is 18.5. The van der Waals surface area contributed by atoms with Gasteiger partial charge in [-0.1, -0.05) is 12.1 Å². The van der Waals surface area contributed by atoms with Crippen molar-refractivity contribution in [3.8, 4) is 5.75 Å². The predicted molar refractivity (Wildman–Crippen MR) is 93.0 cm³/mol. The summed E-state index contributed by atoms with van der Waals surface area (Å²) < 4.78 is 0. The molecule has 4 aliphatic heterocycles. The Hall–Kier alpha value is -1.43. The Labute approximate surface area is 143 Å². The highest BCUT2D eigenvalue weighted by Gasteiger charge is 2.63. The summed E-state index contributed by atoms with van der Waals surface area (Å²) in [5.74, 6) is 0.630. The second kappa shape index (κ2) is 5.04. The molecule has 0 amide bonds. The molecule has 5 heteroatoms. The quantitative estimate of drug-likeness (QED) is 0.872. The number of nitrogens with zero attached hydrogens (tertiary/aromatic N) is 2. The smallest absolute Gasteiger partial charge is 0.155 e. The van der Waals surface area contributed by atoms with E-state index >= 15 is 0 Å². The minimum absolute atomic E-state index is 0.0000217. The van der Waals surface area contributed by atoms with Crippen molar-refractivity contribution in [2.45, 2.75) is 31.7 Å². The highest BCUT2D eigenvalue weighted by molar-refractivity contribution is 5.98. The number of phenols is 1. The highest BCUT2D eigenvalue weighted by atomic mass is 16.3. The number of ketones is 1. The second-order valence-electron chi connectivity index (χ2n) is 8.96. The zero-order valence-corrected chi connectivity index (χ0v) is 14.8. The molecule has 1 aromatic carbocycles. The molecule has 2 unspecified atom stereocenters. The lowest BCUT2D eigenvalue weighted by atomic mass is 9.58. The predicted octanol–water partition coefficient (Wildman–Crippen LogP) is 1.18. The van der Waals surface area contributed by atoms with Crippen LogP contribution >= 0.6 is 0 Å². The first-order valence-corrected chi connectivity index (χ1v) is 8.77. The maximum atomic E-state index is 13.7. The number of nitrogens with one attached hydrogen (secondary N) is 1. The standard InChI is InChI=1S/C19H27N3O2/c1-17(2,3)20-8-18-9-21-11-19(16(18)24,12-22(10-18)13-21)14-4-6-15(23)7-5-14/h4-7,20,23H,8-13H2,1-3H3. The number of piperidine rings is 2. The second-order valence-corrected chi connectivity index (χ2v) is 8.96. The molecule has 4 heterocycles. The molecule has 0 aliphatic carbocycles. The van der Waals surface area contributed by atoms with Crippen LogP contribution in [0.1, 0.15) is 26.3 Å². The molecule has 4 fully saturated rings. The fourth-order valence-electron chi connectivity index (χ4n) is 4.83. The molecule has 130 valence electrons. The van der Waals surface area contributed by atoms with Gasteiger partial charge in [0.2, 0.25) is 0 Å². The summed E-state index contributed by atoms with van der Waals surface area (Å²) in [5.41, 5.74) is 0.251. The van der Waals surface area contributed by atoms with Gasteiger partial charge >= 0.3 is 0 Å². The molecular weight excluding hydrogens is 302 g/mol. The molecule has 0 saturated carbocycles. The Morgan fingerprint density at radius 2 is 1.67 bits per heavy atom. The van der Waals surface area contributed by atoms with Gasteiger partial charge in [-0.15, -0.1) is 0 Å². The molecule has 4 aliphatic rings. The van der Waals surface area contributed by atoms with Gasteiger partial charge in [0.05, 0.1) is 17.5 Å². The van der Waals surface area contributed by atoms with Crippen LogP contribution in [0.5, 0.6) is 5.75 Å². The molecular formula is C19H27N3O2. The average molecular weight is 329 g/mol. The van der Waals surface area contributed by atoms with Gasteiger partial charge in [0.1, 0.15) is 5.75 Å². The zero-order chi connectivity index (χ0) is 17.2. The summed E-state index contributed by atoms with van der Waals surface area (Å²) in [5, 5.41) is 13.2. The third-order valence-electron chi connectivity index (χ3n) is 5.73. The highest BCUT2D eigenvalue weighted by Crippen LogP contribution is 2.47. The van der Waals surface area contributed by atoms with Crippen molar-refractivity contribution in [1.29, 1.82) is 0 Å². The number of Topliss-reactive ketones (excluding diaryl/α,β-unsaturated/α-hetero) is 1. The Kier molecular flexibility index (Phi) is 3.37. The molecule has 0 spiro atoms. The van der Waals surface area contributed by atoms with Crippen LogP contribution in [0.4, 0.5) is 0 Å². The largest absolute Gasteiger partial charge is 0.508 e. The van der Waals surface area contributed by atoms with Crippen LogP contribution in [-0.4, -0.2) is 65.6 Å². The summed E-state index contributed by atoms with van der Waals surface area (Å²) >= 11 is 0. The van der Waals surface area contributed by atoms with Crippen molar-refractivity contribution in [2.24, 2.45) is 5.41 Å². The minimum atomic E-state index is -0.456. The van der Waals surface area contributed by atoms with E-state index in [2.05, 4.69) is 35.9 Å². The SMILES string of the molecule is CC(C)(C)NCC12CN3CN(C1)CC(c1ccc(O)cc1)(C3)C2=O. The zero-order valence-electron chi connectivity index (χ0n) is 14.8. The fraction of sp³-hybridized carbons (Fsp3) is 0.632. The van der Waals surface area contributed by atoms with Crippen molar-refractivity contribution in [1.82, 2.24) is 15.1 Å². The topological polar surface area (TPSA) is 55.8 Å². The van der Waals surface area contributed by atoms with E-state index in [1.165, 1.54) is 0 Å². The maximum Gasteiger partial charge on any atom is 0.155 e. The molecule has 1 aromatic rings. The molecule has 0 radical (unpaired) electrons. The van der Waals surface area contributed by atoms with Crippen molar-refractivity contribution in [3.05, 3.63) is 29.8 Å². The number of rotatable bonds is 3. The van der Waals surface area contributed by atoms with Crippen LogP contribution in [0.2, 0.25) is 0 Å². The summed E-state index contributed by atoms with van der Waals surface area (Å²) in [7, 11) is 0. The van der Waals surface area contributed by atoms with E-state index in [0.29, 0.717) is 5.78 Å². The third kappa shape index (κ3) is 2.38. The van der Waals surface area contributed by atoms with Gasteiger partial charge in [0, 0.05) is 38.3 Å². The summed E-state index contributed by atoms with van der Waals surface area (Å²) in [6.07, 6.45) is 0. The Bertz CT molecular complexity index is 648. The molecule has 4 saturated heterocycles. The first-order chi connectivity index (χ1) is 11.2. The van der Waals surface area contributed by atoms with E-state index < -0.39 is 5.41 Å². The van der Waals surface area contributed by atoms with Crippen molar-refractivity contribution in [2.75, 3.05) is 39.4 Å². The van der Waals surface area contributed by atoms with Crippen LogP contribution in [0, 0.1) is 5.41 Å². The summed E-state index contributed by atoms with van der Waals surface area (Å²) in [6.45, 7) is 11.4. The lowest BCUT2D eigenvalue weighted by molar-refractivity contribution is -0.170. The van der Waals surface area contributed by atoms with Crippen LogP contribution in [0.25, 0.3) is 0 Å². The van der Waals surface area contributed by atoms with Gasteiger partial charge in [0.15, 0.2) is 5.78 Å². The van der Waals surface area contributed by atoms with Gasteiger partial charge in [-0.3, -0.25) is 14.6 Å². The number of hydrogen-bond donors (Lipinski definition) is 2. The average Bonchev–Trinajstić information content (AvgIpc) is 2.50. The Balaban J connectivity index is 1.72. The van der Waals surface area contributed by atoms with Gasteiger partial charge in [0.25, 0.3) is 0 Å². The lowest BCUT2D eigenvalue weighted by Crippen LogP contribution is -2.79. The summed E-state index contributed by atoms with van der Waals surface area (Å²) in [6, 6.07) is 7.25. The Morgan fingerprint density at radius 3 is 2.21 bits per heavy atom. The van der Waals surface area contributed by atoms with Crippen molar-refractivity contribution < 1.29 is 9.90 Å². The van der Waals surface area contributed by atoms with Crippen LogP contribution in [0.15, 0.2) is 24.3 Å². The molecule has 5 nitrogen and oxygen atoms in total. The first kappa shape index (κ1) is 16.1. The minimum Gasteiger partial charge on any atom is -0.508 e. The molecule has 2 atom stereocenters. The number of carbonyl (C=O) groups excluding carboxylic acids is 1. The number of phenolic OH excluding ortho intramolecular Hbond substituents is 1. The van der Waals surface area contributed by atoms with E-state index in [-0.39, 0.29) is 16.7 Å². The normalized spacial score (nSPS) is 37.9. The monoisotopic (exact) mass is 329 g/mol. The van der Waals surface area contributed by atoms with E-state index in [1.54, 1.807) is 12.1 Å². The van der Waals surface area contributed by atoms with Crippen LogP contribution < -0.4 is 5.32 Å². The molecule has 0 aromatic heterocycles. The number of hydrogen-bond acceptors (Lipinski definition) is 5. The molecule has 5 rings (SSSR count). The van der Waals surface area contributed by atoms with E-state index in [0.717, 1.165) is 45.0 Å². The van der Waals surface area contributed by atoms with Crippen LogP contribution in [0.3, 0.4) is 0 Å². The van der Waals surface area contributed by atoms with Crippen molar-refractivity contribution >= 4 is 5.78 Å². The van der Waals surface area contributed by atoms with Crippen molar-refractivity contribution in [3.63, 3.8) is 0 Å². The van der Waals surface area contributed by atoms with Gasteiger partial charge < -0.3 is 10.4 Å². The first-order valence-electron chi connectivity index (χ1n) is 8.77. The lowest BCUT2D eigenvalue weighted by Gasteiger charge is -2.63. The van der Waals surface area contributed by atoms with Gasteiger partial charge in [-0.25, -0.2) is 0 Å². The van der Waals surface area contributed by atoms with Gasteiger partial charge in [-0.2, -0.15) is 0 Å². The van der Waals surface area contributed by atoms with Gasteiger partial charge in [-0.05, 0) is 38.5 Å². The number of aromatic hydroxyl groups is 1. The number of benzene rings is 1. The molecule has 2 N–H and O–H groups in total. The Morgan fingerprint density at radius 1 is 1.08 bits per heavy atom. The maximum absolute atomic E-state index is 13.7. The van der Waals surface area contributed by atoms with E-state index in [4.69, 9.17) is 0 Å². The van der Waals surface area contributed by atoms with Crippen LogP contribution in [-0.2, 0) is 10.2 Å². The van der Waals surface area contributed by atoms with E-state index in [9.17, 15) is 9.90 Å². The molecule has 24 heavy (non-hydrogen) atoms.